The van der Waals surface area contributed by atoms with Crippen LogP contribution in [0.1, 0.15) is 53.4 Å². The largest absolute Gasteiger partial charge is 0.313 e. The van der Waals surface area contributed by atoms with Crippen LogP contribution in [0.4, 0.5) is 0 Å². The SMILES string of the molecule is CCN(CC)CCNC1CCC(C(C)C)CC1. The van der Waals surface area contributed by atoms with Gasteiger partial charge in [0.2, 0.25) is 0 Å². The molecule has 1 fully saturated rings. The van der Waals surface area contributed by atoms with Crippen molar-refractivity contribution < 1.29 is 0 Å². The van der Waals surface area contributed by atoms with E-state index in [0.717, 1.165) is 17.9 Å². The average molecular weight is 240 g/mol. The predicted octanol–water partition coefficient (Wildman–Crippen LogP) is 3.13. The summed E-state index contributed by atoms with van der Waals surface area (Å²) < 4.78 is 0. The number of nitrogens with zero attached hydrogens (tertiary/aromatic N) is 1. The number of nitrogens with one attached hydrogen (secondary N) is 1. The molecule has 0 aromatic heterocycles. The van der Waals surface area contributed by atoms with Crippen LogP contribution in [0.5, 0.6) is 0 Å². The van der Waals surface area contributed by atoms with Gasteiger partial charge < -0.3 is 10.2 Å². The van der Waals surface area contributed by atoms with Gasteiger partial charge >= 0.3 is 0 Å². The van der Waals surface area contributed by atoms with E-state index in [0.29, 0.717) is 0 Å². The summed E-state index contributed by atoms with van der Waals surface area (Å²) in [7, 11) is 0. The van der Waals surface area contributed by atoms with Crippen LogP contribution < -0.4 is 5.32 Å². The highest BCUT2D eigenvalue weighted by atomic mass is 15.1. The summed E-state index contributed by atoms with van der Waals surface area (Å²) in [6.45, 7) is 14.0. The minimum Gasteiger partial charge on any atom is -0.313 e. The second-order valence-electron chi connectivity index (χ2n) is 5.84. The molecule has 1 aliphatic carbocycles. The fourth-order valence-electron chi connectivity index (χ4n) is 2.96. The van der Waals surface area contributed by atoms with E-state index in [4.69, 9.17) is 0 Å². The van der Waals surface area contributed by atoms with Crippen LogP contribution >= 0.6 is 0 Å². The van der Waals surface area contributed by atoms with Gasteiger partial charge in [-0.3, -0.25) is 0 Å². The molecule has 1 rings (SSSR count). The second kappa shape index (κ2) is 8.10. The Balaban J connectivity index is 2.10. The first-order valence-electron chi connectivity index (χ1n) is 7.63. The van der Waals surface area contributed by atoms with Gasteiger partial charge in [0.25, 0.3) is 0 Å². The van der Waals surface area contributed by atoms with Crippen molar-refractivity contribution in [2.45, 2.75) is 59.4 Å². The van der Waals surface area contributed by atoms with E-state index >= 15 is 0 Å². The van der Waals surface area contributed by atoms with Gasteiger partial charge in [-0.1, -0.05) is 27.7 Å². The first-order chi connectivity index (χ1) is 8.17. The van der Waals surface area contributed by atoms with E-state index in [-0.39, 0.29) is 0 Å². The molecule has 0 aliphatic heterocycles. The van der Waals surface area contributed by atoms with Crippen molar-refractivity contribution in [3.8, 4) is 0 Å². The fourth-order valence-corrected chi connectivity index (χ4v) is 2.96. The highest BCUT2D eigenvalue weighted by molar-refractivity contribution is 4.78. The molecule has 0 spiro atoms. The van der Waals surface area contributed by atoms with E-state index in [1.54, 1.807) is 0 Å². The zero-order chi connectivity index (χ0) is 12.7. The molecule has 1 aliphatic rings. The Morgan fingerprint density at radius 2 is 1.65 bits per heavy atom. The number of hydrogen-bond donors (Lipinski definition) is 1. The number of likely N-dealkylation sites (N-methyl/N-ethyl adjacent to an activating group) is 1. The summed E-state index contributed by atoms with van der Waals surface area (Å²) >= 11 is 0. The van der Waals surface area contributed by atoms with Gasteiger partial charge in [0.05, 0.1) is 0 Å². The molecule has 102 valence electrons. The molecule has 0 atom stereocenters. The van der Waals surface area contributed by atoms with Crippen LogP contribution in [-0.4, -0.2) is 37.1 Å². The molecule has 0 heterocycles. The first kappa shape index (κ1) is 15.0. The van der Waals surface area contributed by atoms with Crippen LogP contribution in [-0.2, 0) is 0 Å². The Bertz CT molecular complexity index is 179. The summed E-state index contributed by atoms with van der Waals surface area (Å²) in [5, 5.41) is 3.74. The van der Waals surface area contributed by atoms with Gasteiger partial charge in [-0.15, -0.1) is 0 Å². The molecule has 1 saturated carbocycles. The Morgan fingerprint density at radius 1 is 1.06 bits per heavy atom. The molecule has 0 aromatic carbocycles. The molecular weight excluding hydrogens is 208 g/mol. The molecule has 0 saturated heterocycles. The summed E-state index contributed by atoms with van der Waals surface area (Å²) in [4.78, 5) is 2.49. The Hall–Kier alpha value is -0.0800. The van der Waals surface area contributed by atoms with Crippen LogP contribution in [0, 0.1) is 11.8 Å². The van der Waals surface area contributed by atoms with Crippen LogP contribution in [0.3, 0.4) is 0 Å². The lowest BCUT2D eigenvalue weighted by Gasteiger charge is -2.32. The van der Waals surface area contributed by atoms with Crippen molar-refractivity contribution in [1.29, 1.82) is 0 Å². The molecule has 0 bridgehead atoms. The maximum atomic E-state index is 3.74. The number of hydrogen-bond acceptors (Lipinski definition) is 2. The Morgan fingerprint density at radius 3 is 2.12 bits per heavy atom. The summed E-state index contributed by atoms with van der Waals surface area (Å²) in [5.41, 5.74) is 0. The Kier molecular flexibility index (Phi) is 7.14. The highest BCUT2D eigenvalue weighted by Gasteiger charge is 2.22. The van der Waals surface area contributed by atoms with E-state index in [1.807, 2.05) is 0 Å². The lowest BCUT2D eigenvalue weighted by Crippen LogP contribution is -2.39. The summed E-state index contributed by atoms with van der Waals surface area (Å²) in [6.07, 6.45) is 5.64. The fraction of sp³-hybridized carbons (Fsp3) is 1.00. The molecule has 1 N–H and O–H groups in total. The topological polar surface area (TPSA) is 15.3 Å². The van der Waals surface area contributed by atoms with Gasteiger partial charge in [-0.05, 0) is 50.6 Å². The van der Waals surface area contributed by atoms with Crippen LogP contribution in [0.25, 0.3) is 0 Å². The average Bonchev–Trinajstić information content (AvgIpc) is 2.35. The smallest absolute Gasteiger partial charge is 0.0107 e. The first-order valence-corrected chi connectivity index (χ1v) is 7.63. The molecule has 17 heavy (non-hydrogen) atoms. The summed E-state index contributed by atoms with van der Waals surface area (Å²) in [5.74, 6) is 1.86. The number of rotatable bonds is 7. The molecular formula is C15H32N2. The molecule has 0 aromatic rings. The molecule has 0 amide bonds. The van der Waals surface area contributed by atoms with Gasteiger partial charge in [0.1, 0.15) is 0 Å². The quantitative estimate of drug-likeness (QED) is 0.735. The van der Waals surface area contributed by atoms with Crippen molar-refractivity contribution in [2.75, 3.05) is 26.2 Å². The zero-order valence-corrected chi connectivity index (χ0v) is 12.3. The van der Waals surface area contributed by atoms with Crippen molar-refractivity contribution in [3.05, 3.63) is 0 Å². The van der Waals surface area contributed by atoms with Gasteiger partial charge in [0, 0.05) is 19.1 Å². The van der Waals surface area contributed by atoms with Gasteiger partial charge in [-0.25, -0.2) is 0 Å². The monoisotopic (exact) mass is 240 g/mol. The molecule has 2 nitrogen and oxygen atoms in total. The van der Waals surface area contributed by atoms with E-state index < -0.39 is 0 Å². The maximum absolute atomic E-state index is 3.74. The zero-order valence-electron chi connectivity index (χ0n) is 12.3. The third-order valence-corrected chi connectivity index (χ3v) is 4.47. The second-order valence-corrected chi connectivity index (χ2v) is 5.84. The third-order valence-electron chi connectivity index (χ3n) is 4.47. The lowest BCUT2D eigenvalue weighted by molar-refractivity contribution is 0.229. The standard InChI is InChI=1S/C15H32N2/c1-5-17(6-2)12-11-16-15-9-7-14(8-10-15)13(3)4/h13-16H,5-12H2,1-4H3. The van der Waals surface area contributed by atoms with Gasteiger partial charge in [-0.2, -0.15) is 0 Å². The minimum atomic E-state index is 0.792. The summed E-state index contributed by atoms with van der Waals surface area (Å²) in [6, 6.07) is 0.792. The predicted molar refractivity (Wildman–Crippen MR) is 76.4 cm³/mol. The van der Waals surface area contributed by atoms with E-state index in [1.165, 1.54) is 51.9 Å². The van der Waals surface area contributed by atoms with Crippen molar-refractivity contribution >= 4 is 0 Å². The molecule has 2 heteroatoms. The molecule has 0 radical (unpaired) electrons. The maximum Gasteiger partial charge on any atom is 0.0107 e. The molecule has 0 unspecified atom stereocenters. The Labute approximate surface area is 108 Å². The lowest BCUT2D eigenvalue weighted by atomic mass is 9.80. The normalized spacial score (nSPS) is 25.8. The highest BCUT2D eigenvalue weighted by Crippen LogP contribution is 2.29. The van der Waals surface area contributed by atoms with E-state index in [2.05, 4.69) is 37.9 Å². The van der Waals surface area contributed by atoms with E-state index in [9.17, 15) is 0 Å². The van der Waals surface area contributed by atoms with Crippen molar-refractivity contribution in [3.63, 3.8) is 0 Å². The minimum absolute atomic E-state index is 0.792. The third kappa shape index (κ3) is 5.39. The van der Waals surface area contributed by atoms with Crippen molar-refractivity contribution in [1.82, 2.24) is 10.2 Å². The van der Waals surface area contributed by atoms with Crippen LogP contribution in [0.15, 0.2) is 0 Å². The van der Waals surface area contributed by atoms with Crippen molar-refractivity contribution in [2.24, 2.45) is 11.8 Å². The van der Waals surface area contributed by atoms with Crippen LogP contribution in [0.2, 0.25) is 0 Å². The van der Waals surface area contributed by atoms with Gasteiger partial charge in [0.15, 0.2) is 0 Å².